The Morgan fingerprint density at radius 3 is 2.03 bits per heavy atom. The van der Waals surface area contributed by atoms with Gasteiger partial charge in [0.15, 0.2) is 0 Å². The molecule has 0 saturated carbocycles. The average Bonchev–Trinajstić information content (AvgIpc) is 2.92. The van der Waals surface area contributed by atoms with Gasteiger partial charge >= 0.3 is 0 Å². The second-order valence-corrected chi connectivity index (χ2v) is 10.2. The summed E-state index contributed by atoms with van der Waals surface area (Å²) in [4.78, 5) is 14.8. The van der Waals surface area contributed by atoms with Crippen LogP contribution in [0, 0.1) is 0 Å². The van der Waals surface area contributed by atoms with Crippen molar-refractivity contribution < 1.29 is 0 Å². The fourth-order valence-electron chi connectivity index (χ4n) is 4.92. The lowest BCUT2D eigenvalue weighted by Crippen LogP contribution is -2.47. The molecule has 1 aromatic heterocycles. The molecule has 0 bridgehead atoms. The number of hydrogen-bond donors (Lipinski definition) is 2. The van der Waals surface area contributed by atoms with Crippen molar-refractivity contribution in [2.24, 2.45) is 0 Å². The number of aromatic nitrogens is 2. The normalized spacial score (nSPS) is 14.9. The smallest absolute Gasteiger partial charge is 0.145 e. The lowest BCUT2D eigenvalue weighted by molar-refractivity contribution is 0.103. The number of benzene rings is 3. The van der Waals surface area contributed by atoms with E-state index in [0.29, 0.717) is 0 Å². The number of piperazine rings is 1. The fraction of sp³-hybridized carbons (Fsp3) is 0.310. The van der Waals surface area contributed by atoms with Crippen LogP contribution < -0.4 is 10.6 Å². The average molecular weight is 536 g/mol. The molecule has 2 heterocycles. The van der Waals surface area contributed by atoms with Gasteiger partial charge in [-0.2, -0.15) is 0 Å². The Hall–Kier alpha value is -2.74. The Labute approximate surface area is 228 Å². The Morgan fingerprint density at radius 1 is 0.784 bits per heavy atom. The van der Waals surface area contributed by atoms with Crippen LogP contribution in [0.3, 0.4) is 0 Å². The van der Waals surface area contributed by atoms with Crippen molar-refractivity contribution in [3.05, 3.63) is 99.8 Å². The summed E-state index contributed by atoms with van der Waals surface area (Å²) >= 11 is 12.4. The number of likely N-dealkylation sites (N-methyl/N-ethyl adjacent to an activating group) is 1. The second kappa shape index (κ2) is 12.2. The van der Waals surface area contributed by atoms with Crippen molar-refractivity contribution in [2.75, 3.05) is 51.6 Å². The molecule has 6 nitrogen and oxygen atoms in total. The van der Waals surface area contributed by atoms with E-state index in [0.717, 1.165) is 78.4 Å². The summed E-state index contributed by atoms with van der Waals surface area (Å²) in [7, 11) is 1.95. The van der Waals surface area contributed by atoms with E-state index in [1.807, 2.05) is 43.4 Å². The topological polar surface area (TPSA) is 56.3 Å². The largest absolute Gasteiger partial charge is 0.368 e. The minimum Gasteiger partial charge on any atom is -0.368 e. The Bertz CT molecular complexity index is 1260. The second-order valence-electron chi connectivity index (χ2n) is 9.35. The van der Waals surface area contributed by atoms with Gasteiger partial charge in [0.1, 0.15) is 11.6 Å². The van der Waals surface area contributed by atoms with Crippen molar-refractivity contribution in [1.82, 2.24) is 25.1 Å². The molecule has 1 aliphatic rings. The maximum atomic E-state index is 6.19. The predicted molar refractivity (Wildman–Crippen MR) is 154 cm³/mol. The van der Waals surface area contributed by atoms with Gasteiger partial charge in [-0.05, 0) is 54.6 Å². The number of para-hydroxylation sites is 1. The van der Waals surface area contributed by atoms with Gasteiger partial charge in [0, 0.05) is 54.7 Å². The molecule has 8 heteroatoms. The summed E-state index contributed by atoms with van der Waals surface area (Å²) in [5.41, 5.74) is 3.44. The molecule has 0 unspecified atom stereocenters. The molecule has 3 aromatic carbocycles. The van der Waals surface area contributed by atoms with Crippen molar-refractivity contribution in [1.29, 1.82) is 0 Å². The molecule has 4 aromatic rings. The van der Waals surface area contributed by atoms with Gasteiger partial charge in [-0.15, -0.1) is 0 Å². The molecule has 37 heavy (non-hydrogen) atoms. The first-order valence-electron chi connectivity index (χ1n) is 12.7. The summed E-state index contributed by atoms with van der Waals surface area (Å²) in [6.45, 7) is 6.18. The van der Waals surface area contributed by atoms with Gasteiger partial charge < -0.3 is 10.6 Å². The maximum absolute atomic E-state index is 6.19. The first-order chi connectivity index (χ1) is 18.1. The molecule has 1 aliphatic heterocycles. The predicted octanol–water partition coefficient (Wildman–Crippen LogP) is 5.48. The lowest BCUT2D eigenvalue weighted by Gasteiger charge is -2.39. The van der Waals surface area contributed by atoms with Gasteiger partial charge in [0.25, 0.3) is 0 Å². The minimum absolute atomic E-state index is 0.150. The van der Waals surface area contributed by atoms with E-state index in [-0.39, 0.29) is 6.04 Å². The Morgan fingerprint density at radius 2 is 1.41 bits per heavy atom. The quantitative estimate of drug-likeness (QED) is 0.277. The zero-order valence-corrected chi connectivity index (χ0v) is 22.5. The van der Waals surface area contributed by atoms with Crippen LogP contribution in [0.5, 0.6) is 0 Å². The third-order valence-electron chi connectivity index (χ3n) is 6.83. The van der Waals surface area contributed by atoms with E-state index in [1.165, 1.54) is 11.1 Å². The van der Waals surface area contributed by atoms with Crippen molar-refractivity contribution in [3.8, 4) is 0 Å². The lowest BCUT2D eigenvalue weighted by atomic mass is 9.96. The van der Waals surface area contributed by atoms with Gasteiger partial charge in [-0.3, -0.25) is 9.80 Å². The summed E-state index contributed by atoms with van der Waals surface area (Å²) in [6, 6.07) is 24.7. The van der Waals surface area contributed by atoms with Gasteiger partial charge in [-0.1, -0.05) is 59.6 Å². The molecule has 1 saturated heterocycles. The first kappa shape index (κ1) is 25.9. The number of nitrogens with zero attached hydrogens (tertiary/aromatic N) is 4. The number of halogens is 2. The van der Waals surface area contributed by atoms with Crippen molar-refractivity contribution >= 4 is 39.9 Å². The maximum Gasteiger partial charge on any atom is 0.145 e. The molecule has 0 radical (unpaired) electrons. The third-order valence-corrected chi connectivity index (χ3v) is 7.33. The summed E-state index contributed by atoms with van der Waals surface area (Å²) in [6.07, 6.45) is 0. The Balaban J connectivity index is 1.31. The highest BCUT2D eigenvalue weighted by atomic mass is 35.5. The number of nitrogens with one attached hydrogen (secondary N) is 2. The number of rotatable bonds is 9. The van der Waals surface area contributed by atoms with Crippen LogP contribution in [-0.4, -0.2) is 66.1 Å². The molecule has 5 rings (SSSR count). The molecule has 0 aliphatic carbocycles. The molecule has 1 fully saturated rings. The van der Waals surface area contributed by atoms with E-state index < -0.39 is 0 Å². The van der Waals surface area contributed by atoms with Crippen molar-refractivity contribution in [2.45, 2.75) is 12.6 Å². The zero-order chi connectivity index (χ0) is 25.6. The molecular weight excluding hydrogens is 503 g/mol. The van der Waals surface area contributed by atoms with E-state index in [9.17, 15) is 0 Å². The molecule has 2 N–H and O–H groups in total. The highest BCUT2D eigenvalue weighted by molar-refractivity contribution is 6.30. The van der Waals surface area contributed by atoms with Gasteiger partial charge in [0.2, 0.25) is 0 Å². The first-order valence-corrected chi connectivity index (χ1v) is 13.5. The van der Waals surface area contributed by atoms with E-state index >= 15 is 0 Å². The summed E-state index contributed by atoms with van der Waals surface area (Å²) in [5, 5.41) is 9.20. The fourth-order valence-corrected chi connectivity index (χ4v) is 5.17. The molecule has 0 atom stereocenters. The number of fused-ring (bicyclic) bond motifs is 1. The highest BCUT2D eigenvalue weighted by Gasteiger charge is 2.27. The third kappa shape index (κ3) is 6.40. The van der Waals surface area contributed by atoms with Gasteiger partial charge in [0.05, 0.1) is 18.1 Å². The van der Waals surface area contributed by atoms with Crippen LogP contribution >= 0.6 is 23.2 Å². The van der Waals surface area contributed by atoms with Crippen LogP contribution in [0.1, 0.15) is 23.0 Å². The summed E-state index contributed by atoms with van der Waals surface area (Å²) in [5.74, 6) is 1.76. The van der Waals surface area contributed by atoms with E-state index in [4.69, 9.17) is 33.2 Å². The molecule has 192 valence electrons. The SMILES string of the molecule is CNCCNc1nc(CN2CCN(C(c3ccc(Cl)cc3)c3ccc(Cl)cc3)CC2)nc2ccccc12. The molecule has 0 amide bonds. The standard InChI is InChI=1S/C29H32Cl2N6/c1-32-14-15-33-29-25-4-2-3-5-26(25)34-27(35-29)20-36-16-18-37(19-17-36)28(21-6-10-23(30)11-7-21)22-8-12-24(31)13-9-22/h2-13,28,32H,14-20H2,1H3,(H,33,34,35). The van der Waals surface area contributed by atoms with Crippen molar-refractivity contribution in [3.63, 3.8) is 0 Å². The monoisotopic (exact) mass is 534 g/mol. The number of anilines is 1. The molecular formula is C29H32Cl2N6. The Kier molecular flexibility index (Phi) is 8.54. The van der Waals surface area contributed by atoms with Crippen LogP contribution in [0.2, 0.25) is 10.0 Å². The van der Waals surface area contributed by atoms with Crippen LogP contribution in [0.25, 0.3) is 10.9 Å². The van der Waals surface area contributed by atoms with Gasteiger partial charge in [-0.25, -0.2) is 9.97 Å². The van der Waals surface area contributed by atoms with E-state index in [2.05, 4.69) is 56.8 Å². The highest BCUT2D eigenvalue weighted by Crippen LogP contribution is 2.31. The van der Waals surface area contributed by atoms with Crippen LogP contribution in [0.15, 0.2) is 72.8 Å². The van der Waals surface area contributed by atoms with Crippen LogP contribution in [-0.2, 0) is 6.54 Å². The van der Waals surface area contributed by atoms with E-state index in [1.54, 1.807) is 0 Å². The van der Waals surface area contributed by atoms with Crippen LogP contribution in [0.4, 0.5) is 5.82 Å². The number of hydrogen-bond acceptors (Lipinski definition) is 6. The zero-order valence-electron chi connectivity index (χ0n) is 21.0. The minimum atomic E-state index is 0.150. The summed E-state index contributed by atoms with van der Waals surface area (Å²) < 4.78 is 0. The molecule has 0 spiro atoms.